The molecule has 0 saturated heterocycles. The van der Waals surface area contributed by atoms with Crippen molar-refractivity contribution in [3.05, 3.63) is 0 Å². The Morgan fingerprint density at radius 3 is 1.40 bits per heavy atom. The Bertz CT molecular complexity index is 85.4. The van der Waals surface area contributed by atoms with Crippen molar-refractivity contribution >= 4 is 9.12 Å². The molecule has 0 radical (unpaired) electrons. The van der Waals surface area contributed by atoms with Crippen LogP contribution in [0, 0.1) is 11.8 Å². The van der Waals surface area contributed by atoms with E-state index in [1.54, 1.807) is 34.8 Å². The smallest absolute Gasteiger partial charge is 0.138 e. The average Bonchev–Trinajstić information content (AvgIpc) is 2.49. The molecule has 0 aromatic rings. The van der Waals surface area contributed by atoms with Gasteiger partial charge in [-0.1, -0.05) is 38.5 Å². The fourth-order valence-corrected chi connectivity index (χ4v) is 2.52. The second kappa shape index (κ2) is 4.08. The van der Waals surface area contributed by atoms with E-state index in [1.807, 2.05) is 0 Å². The Labute approximate surface area is 64.8 Å². The van der Waals surface area contributed by atoms with Crippen molar-refractivity contribution in [2.75, 3.05) is 0 Å². The van der Waals surface area contributed by atoms with E-state index in [2.05, 4.69) is 0 Å². The summed E-state index contributed by atoms with van der Waals surface area (Å²) in [5, 5.41) is 0. The Morgan fingerprint density at radius 2 is 1.10 bits per heavy atom. The molecule has 2 fully saturated rings. The molecule has 0 amide bonds. The minimum absolute atomic E-state index is 1.18. The first-order valence-corrected chi connectivity index (χ1v) is 4.58. The van der Waals surface area contributed by atoms with Gasteiger partial charge in [0.2, 0.25) is 0 Å². The summed E-state index contributed by atoms with van der Waals surface area (Å²) >= 11 is 0. The summed E-state index contributed by atoms with van der Waals surface area (Å²) in [5.74, 6) is 2.35. The van der Waals surface area contributed by atoms with Gasteiger partial charge in [-0.15, -0.1) is 0 Å². The molecular weight excluding hydrogens is 143 g/mol. The third-order valence-corrected chi connectivity index (χ3v) is 2.97. The number of hydrogen-bond donors (Lipinski definition) is 0. The number of fused-ring (bicyclic) bond motifs is 1. The van der Waals surface area contributed by atoms with Gasteiger partial charge >= 0.3 is 0 Å². The molecule has 0 spiro atoms. The highest BCUT2D eigenvalue weighted by molar-refractivity contribution is 7.00. The van der Waals surface area contributed by atoms with Gasteiger partial charge in [-0.3, -0.25) is 4.57 Å². The summed E-state index contributed by atoms with van der Waals surface area (Å²) in [4.78, 5) is 0. The zero-order valence-corrected chi connectivity index (χ0v) is 7.31. The van der Waals surface area contributed by atoms with Crippen molar-refractivity contribution < 1.29 is 4.57 Å². The van der Waals surface area contributed by atoms with E-state index in [0.29, 0.717) is 0 Å². The molecule has 0 bridgehead atoms. The van der Waals surface area contributed by atoms with E-state index in [0.717, 1.165) is 0 Å². The lowest BCUT2D eigenvalue weighted by Crippen LogP contribution is -1.95. The van der Waals surface area contributed by atoms with E-state index in [4.69, 9.17) is 4.57 Å². The lowest BCUT2D eigenvalue weighted by Gasteiger charge is -2.04. The van der Waals surface area contributed by atoms with E-state index in [1.165, 1.54) is 24.7 Å². The molecule has 58 valence electrons. The van der Waals surface area contributed by atoms with E-state index in [9.17, 15) is 0 Å². The first kappa shape index (κ1) is 8.20. The van der Waals surface area contributed by atoms with Crippen LogP contribution in [0.1, 0.15) is 38.5 Å². The lowest BCUT2D eigenvalue weighted by atomic mass is 10.0. The molecule has 2 rings (SSSR count). The van der Waals surface area contributed by atoms with Crippen LogP contribution in [0.25, 0.3) is 0 Å². The molecule has 2 aliphatic carbocycles. The average molecular weight is 158 g/mol. The minimum atomic E-state index is 1.18. The van der Waals surface area contributed by atoms with Crippen LogP contribution < -0.4 is 0 Å². The maximum atomic E-state index is 8.06. The standard InChI is InChI=1S/C8H14.HOP/c1-3-7-5-2-6-8(7)4-1;1-2/h7-8H,1-6H2;2H. The minimum Gasteiger partial charge on any atom is -0.279 e. The molecule has 0 aliphatic heterocycles. The highest BCUT2D eigenvalue weighted by atomic mass is 31.0. The van der Waals surface area contributed by atoms with Gasteiger partial charge in [0.05, 0.1) is 0 Å². The van der Waals surface area contributed by atoms with Crippen molar-refractivity contribution in [1.29, 1.82) is 0 Å². The van der Waals surface area contributed by atoms with Crippen molar-refractivity contribution in [2.24, 2.45) is 11.8 Å². The molecule has 1 nitrogen and oxygen atoms in total. The highest BCUT2D eigenvalue weighted by Gasteiger charge is 2.30. The topological polar surface area (TPSA) is 17.1 Å². The van der Waals surface area contributed by atoms with Crippen molar-refractivity contribution in [2.45, 2.75) is 38.5 Å². The Kier molecular flexibility index (Phi) is 3.34. The molecule has 0 N–H and O–H groups in total. The predicted octanol–water partition coefficient (Wildman–Crippen LogP) is 3.06. The van der Waals surface area contributed by atoms with Gasteiger partial charge in [0.15, 0.2) is 0 Å². The quantitative estimate of drug-likeness (QED) is 0.495. The molecule has 2 saturated carbocycles. The molecule has 10 heavy (non-hydrogen) atoms. The van der Waals surface area contributed by atoms with Crippen molar-refractivity contribution in [3.63, 3.8) is 0 Å². The van der Waals surface area contributed by atoms with Crippen LogP contribution in [0.2, 0.25) is 0 Å². The van der Waals surface area contributed by atoms with E-state index in [-0.39, 0.29) is 0 Å². The van der Waals surface area contributed by atoms with Gasteiger partial charge in [0.1, 0.15) is 9.12 Å². The maximum Gasteiger partial charge on any atom is 0.138 e. The van der Waals surface area contributed by atoms with Crippen molar-refractivity contribution in [3.8, 4) is 0 Å². The molecule has 0 aromatic heterocycles. The fraction of sp³-hybridized carbons (Fsp3) is 1.00. The van der Waals surface area contributed by atoms with Crippen LogP contribution in [0.15, 0.2) is 0 Å². The third kappa shape index (κ3) is 1.58. The SMILES string of the molecule is C1CC2CCCC2C1.O=P. The normalized spacial score (nSPS) is 36.4. The van der Waals surface area contributed by atoms with Crippen LogP contribution in [0.4, 0.5) is 0 Å². The summed E-state index contributed by atoms with van der Waals surface area (Å²) in [6.45, 7) is 0. The summed E-state index contributed by atoms with van der Waals surface area (Å²) in [6, 6.07) is 0. The zero-order valence-electron chi connectivity index (χ0n) is 6.31. The molecular formula is C8H15OP. The zero-order chi connectivity index (χ0) is 7.40. The van der Waals surface area contributed by atoms with E-state index < -0.39 is 0 Å². The summed E-state index contributed by atoms with van der Waals surface area (Å²) in [6.07, 6.45) is 9.31. The fourth-order valence-electron chi connectivity index (χ4n) is 2.52. The Balaban J connectivity index is 0.000000231. The van der Waals surface area contributed by atoms with Crippen LogP contribution in [0.3, 0.4) is 0 Å². The molecule has 0 unspecified atom stereocenters. The van der Waals surface area contributed by atoms with Crippen LogP contribution in [-0.2, 0) is 4.57 Å². The van der Waals surface area contributed by atoms with Gasteiger partial charge in [0.25, 0.3) is 0 Å². The molecule has 0 heterocycles. The van der Waals surface area contributed by atoms with Gasteiger partial charge in [0, 0.05) is 0 Å². The molecule has 0 atom stereocenters. The Hall–Kier alpha value is 0.100. The molecule has 2 aliphatic rings. The van der Waals surface area contributed by atoms with Crippen molar-refractivity contribution in [1.82, 2.24) is 0 Å². The summed E-state index contributed by atoms with van der Waals surface area (Å²) in [7, 11) is 1.72. The second-order valence-corrected chi connectivity index (χ2v) is 3.38. The monoisotopic (exact) mass is 158 g/mol. The highest BCUT2D eigenvalue weighted by Crippen LogP contribution is 2.43. The lowest BCUT2D eigenvalue weighted by molar-refractivity contribution is 0.457. The molecule has 0 aromatic carbocycles. The van der Waals surface area contributed by atoms with Crippen LogP contribution >= 0.6 is 9.12 Å². The number of hydrogen-bond acceptors (Lipinski definition) is 1. The van der Waals surface area contributed by atoms with Crippen LogP contribution in [0.5, 0.6) is 0 Å². The Morgan fingerprint density at radius 1 is 0.800 bits per heavy atom. The van der Waals surface area contributed by atoms with Crippen LogP contribution in [-0.4, -0.2) is 0 Å². The van der Waals surface area contributed by atoms with E-state index >= 15 is 0 Å². The first-order chi connectivity index (χ1) is 4.97. The van der Waals surface area contributed by atoms with Gasteiger partial charge in [-0.25, -0.2) is 0 Å². The van der Waals surface area contributed by atoms with Gasteiger partial charge in [-0.05, 0) is 11.8 Å². The first-order valence-electron chi connectivity index (χ1n) is 4.17. The third-order valence-electron chi connectivity index (χ3n) is 2.97. The van der Waals surface area contributed by atoms with Gasteiger partial charge < -0.3 is 0 Å². The predicted molar refractivity (Wildman–Crippen MR) is 43.7 cm³/mol. The second-order valence-electron chi connectivity index (χ2n) is 3.38. The summed E-state index contributed by atoms with van der Waals surface area (Å²) in [5.41, 5.74) is 0. The van der Waals surface area contributed by atoms with Gasteiger partial charge in [-0.2, -0.15) is 0 Å². The maximum absolute atomic E-state index is 8.06. The number of rotatable bonds is 0. The largest absolute Gasteiger partial charge is 0.279 e. The summed E-state index contributed by atoms with van der Waals surface area (Å²) < 4.78 is 8.06. The molecule has 2 heteroatoms.